The Kier molecular flexibility index (Phi) is 5.00. The molecular weight excluding hydrogens is 323 g/mol. The number of amides is 1. The van der Waals surface area contributed by atoms with Crippen molar-refractivity contribution in [2.75, 3.05) is 6.54 Å². The zero-order chi connectivity index (χ0) is 17.1. The summed E-state index contributed by atoms with van der Waals surface area (Å²) in [6, 6.07) is 10.4. The van der Waals surface area contributed by atoms with Crippen LogP contribution in [0.3, 0.4) is 0 Å². The summed E-state index contributed by atoms with van der Waals surface area (Å²) in [6.45, 7) is 5.41. The summed E-state index contributed by atoms with van der Waals surface area (Å²) < 4.78 is 16.5. The molecule has 3 rings (SSSR count). The average Bonchev–Trinajstić information content (AvgIpc) is 3.09. The van der Waals surface area contributed by atoms with Gasteiger partial charge in [-0.1, -0.05) is 26.0 Å². The normalized spacial score (nSPS) is 11.3. The lowest BCUT2D eigenvalue weighted by Crippen LogP contribution is -2.27. The first-order valence-corrected chi connectivity index (χ1v) is 9.02. The van der Waals surface area contributed by atoms with E-state index in [0.717, 1.165) is 22.2 Å². The summed E-state index contributed by atoms with van der Waals surface area (Å²) in [5.41, 5.74) is 2.48. The highest BCUT2D eigenvalue weighted by Gasteiger charge is 2.16. The number of hydrogen-bond acceptors (Lipinski definition) is 2. The Hall–Kier alpha value is -2.14. The molecule has 0 unspecified atom stereocenters. The fraction of sp³-hybridized carbons (Fsp3) is 0.316. The first kappa shape index (κ1) is 16.7. The van der Waals surface area contributed by atoms with Gasteiger partial charge < -0.3 is 9.88 Å². The molecule has 0 radical (unpaired) electrons. The summed E-state index contributed by atoms with van der Waals surface area (Å²) in [7, 11) is 0. The molecule has 0 atom stereocenters. The van der Waals surface area contributed by atoms with Crippen molar-refractivity contribution in [2.24, 2.45) is 5.92 Å². The second-order valence-electron chi connectivity index (χ2n) is 6.35. The van der Waals surface area contributed by atoms with Gasteiger partial charge in [-0.3, -0.25) is 4.79 Å². The van der Waals surface area contributed by atoms with Crippen LogP contribution in [0.25, 0.3) is 10.2 Å². The van der Waals surface area contributed by atoms with Gasteiger partial charge in [-0.15, -0.1) is 11.3 Å². The third kappa shape index (κ3) is 3.67. The van der Waals surface area contributed by atoms with Gasteiger partial charge in [0.05, 0.1) is 10.2 Å². The van der Waals surface area contributed by atoms with Gasteiger partial charge in [-0.25, -0.2) is 4.39 Å². The van der Waals surface area contributed by atoms with Gasteiger partial charge in [-0.2, -0.15) is 0 Å². The third-order valence-electron chi connectivity index (χ3n) is 3.99. The van der Waals surface area contributed by atoms with Gasteiger partial charge in [0.2, 0.25) is 0 Å². The van der Waals surface area contributed by atoms with Gasteiger partial charge in [0.15, 0.2) is 0 Å². The van der Waals surface area contributed by atoms with E-state index in [1.165, 1.54) is 12.1 Å². The van der Waals surface area contributed by atoms with Gasteiger partial charge in [0.25, 0.3) is 5.91 Å². The van der Waals surface area contributed by atoms with E-state index < -0.39 is 0 Å². The number of aromatic nitrogens is 1. The molecule has 1 N–H and O–H groups in total. The molecule has 0 saturated heterocycles. The zero-order valence-electron chi connectivity index (χ0n) is 13.9. The van der Waals surface area contributed by atoms with E-state index in [9.17, 15) is 9.18 Å². The predicted molar refractivity (Wildman–Crippen MR) is 97.1 cm³/mol. The van der Waals surface area contributed by atoms with Gasteiger partial charge in [0.1, 0.15) is 11.5 Å². The fourth-order valence-corrected chi connectivity index (χ4v) is 3.54. The van der Waals surface area contributed by atoms with Crippen LogP contribution in [0.4, 0.5) is 4.39 Å². The lowest BCUT2D eigenvalue weighted by atomic mass is 10.1. The molecule has 3 aromatic rings. The maximum absolute atomic E-state index is 13.5. The summed E-state index contributed by atoms with van der Waals surface area (Å²) in [5, 5.41) is 5.00. The first-order chi connectivity index (χ1) is 11.5. The molecule has 2 heterocycles. The molecule has 1 aromatic carbocycles. The maximum Gasteiger partial charge on any atom is 0.267 e. The first-order valence-electron chi connectivity index (χ1n) is 8.14. The van der Waals surface area contributed by atoms with Crippen LogP contribution in [0.2, 0.25) is 0 Å². The molecule has 24 heavy (non-hydrogen) atoms. The number of carbonyl (C=O) groups excluding carboxylic acids is 1. The second-order valence-corrected chi connectivity index (χ2v) is 7.30. The highest BCUT2D eigenvalue weighted by Crippen LogP contribution is 2.26. The van der Waals surface area contributed by atoms with Crippen molar-refractivity contribution in [2.45, 2.75) is 26.8 Å². The van der Waals surface area contributed by atoms with E-state index in [-0.39, 0.29) is 11.7 Å². The summed E-state index contributed by atoms with van der Waals surface area (Å²) in [4.78, 5) is 12.6. The number of halogens is 1. The lowest BCUT2D eigenvalue weighted by Gasteiger charge is -2.12. The van der Waals surface area contributed by atoms with Crippen molar-refractivity contribution in [3.8, 4) is 0 Å². The van der Waals surface area contributed by atoms with E-state index in [0.29, 0.717) is 24.7 Å². The van der Waals surface area contributed by atoms with Crippen molar-refractivity contribution in [3.05, 3.63) is 58.9 Å². The minimum Gasteiger partial charge on any atom is -0.351 e. The monoisotopic (exact) mass is 344 g/mol. The van der Waals surface area contributed by atoms with Crippen LogP contribution in [0, 0.1) is 11.7 Å². The Balaban J connectivity index is 1.87. The molecule has 0 fully saturated rings. The topological polar surface area (TPSA) is 34.0 Å². The molecule has 0 saturated carbocycles. The largest absolute Gasteiger partial charge is 0.351 e. The predicted octanol–water partition coefficient (Wildman–Crippen LogP) is 4.67. The van der Waals surface area contributed by atoms with E-state index >= 15 is 0 Å². The van der Waals surface area contributed by atoms with Crippen LogP contribution in [0.1, 0.15) is 36.3 Å². The molecule has 0 spiro atoms. The Labute approximate surface area is 145 Å². The van der Waals surface area contributed by atoms with Crippen LogP contribution in [-0.2, 0) is 6.54 Å². The van der Waals surface area contributed by atoms with E-state index in [1.807, 2.05) is 28.1 Å². The Bertz CT molecular complexity index is 850. The highest BCUT2D eigenvalue weighted by molar-refractivity contribution is 7.17. The maximum atomic E-state index is 13.5. The number of benzene rings is 1. The number of hydrogen-bond donors (Lipinski definition) is 1. The molecule has 0 aliphatic rings. The van der Waals surface area contributed by atoms with Crippen molar-refractivity contribution in [1.82, 2.24) is 9.88 Å². The van der Waals surface area contributed by atoms with E-state index in [1.54, 1.807) is 17.4 Å². The number of thiophene rings is 1. The van der Waals surface area contributed by atoms with Gasteiger partial charge >= 0.3 is 0 Å². The Morgan fingerprint density at radius 2 is 2.12 bits per heavy atom. The van der Waals surface area contributed by atoms with Crippen LogP contribution < -0.4 is 5.32 Å². The fourth-order valence-electron chi connectivity index (χ4n) is 2.72. The standard InChI is InChI=1S/C19H21FN2OS/c1-13(2)6-8-21-19(23)17-11-18-16(7-9-24-18)22(17)12-14-4-3-5-15(20)10-14/h3-5,7,9-11,13H,6,8,12H2,1-2H3,(H,21,23). The molecule has 126 valence electrons. The molecule has 3 nitrogen and oxygen atoms in total. The molecule has 0 aliphatic heterocycles. The number of nitrogens with one attached hydrogen (secondary N) is 1. The SMILES string of the molecule is CC(C)CCNC(=O)c1cc2sccc2n1Cc1cccc(F)c1. The van der Waals surface area contributed by atoms with Crippen molar-refractivity contribution >= 4 is 27.5 Å². The average molecular weight is 344 g/mol. The number of rotatable bonds is 6. The summed E-state index contributed by atoms with van der Waals surface area (Å²) in [6.07, 6.45) is 0.949. The number of nitrogens with zero attached hydrogens (tertiary/aromatic N) is 1. The summed E-state index contributed by atoms with van der Waals surface area (Å²) in [5.74, 6) is 0.215. The zero-order valence-corrected chi connectivity index (χ0v) is 14.7. The van der Waals surface area contributed by atoms with Crippen LogP contribution in [0.15, 0.2) is 41.8 Å². The van der Waals surface area contributed by atoms with Crippen LogP contribution >= 0.6 is 11.3 Å². The Morgan fingerprint density at radius 3 is 2.88 bits per heavy atom. The molecule has 0 bridgehead atoms. The smallest absolute Gasteiger partial charge is 0.267 e. The molecule has 1 amide bonds. The molecular formula is C19H21FN2OS. The van der Waals surface area contributed by atoms with Gasteiger partial charge in [-0.05, 0) is 47.5 Å². The van der Waals surface area contributed by atoms with E-state index in [4.69, 9.17) is 0 Å². The number of carbonyl (C=O) groups is 1. The highest BCUT2D eigenvalue weighted by atomic mass is 32.1. The van der Waals surface area contributed by atoms with Crippen LogP contribution in [-0.4, -0.2) is 17.0 Å². The quantitative estimate of drug-likeness (QED) is 0.693. The number of fused-ring (bicyclic) bond motifs is 1. The molecule has 2 aromatic heterocycles. The lowest BCUT2D eigenvalue weighted by molar-refractivity contribution is 0.0943. The van der Waals surface area contributed by atoms with Crippen molar-refractivity contribution < 1.29 is 9.18 Å². The van der Waals surface area contributed by atoms with Crippen LogP contribution in [0.5, 0.6) is 0 Å². The van der Waals surface area contributed by atoms with Gasteiger partial charge in [0, 0.05) is 13.1 Å². The van der Waals surface area contributed by atoms with E-state index in [2.05, 4.69) is 19.2 Å². The minimum absolute atomic E-state index is 0.0737. The van der Waals surface area contributed by atoms with Crippen molar-refractivity contribution in [3.63, 3.8) is 0 Å². The van der Waals surface area contributed by atoms with Crippen molar-refractivity contribution in [1.29, 1.82) is 0 Å². The summed E-state index contributed by atoms with van der Waals surface area (Å²) >= 11 is 1.61. The minimum atomic E-state index is -0.260. The third-order valence-corrected chi connectivity index (χ3v) is 4.85. The molecule has 0 aliphatic carbocycles. The second kappa shape index (κ2) is 7.18. The Morgan fingerprint density at radius 1 is 1.29 bits per heavy atom. The molecule has 5 heteroatoms.